The molecule has 0 atom stereocenters. The van der Waals surface area contributed by atoms with Crippen LogP contribution in [-0.4, -0.2) is 24.2 Å². The van der Waals surface area contributed by atoms with E-state index in [4.69, 9.17) is 17.0 Å². The molecule has 0 bridgehead atoms. The SMILES string of the molecule is C=CCNC(=S)NNC(=O)COc1ccc(CCC)cc1. The molecule has 5 nitrogen and oxygen atoms in total. The van der Waals surface area contributed by atoms with Gasteiger partial charge in [-0.15, -0.1) is 6.58 Å². The second-order valence-corrected chi connectivity index (χ2v) is 4.76. The van der Waals surface area contributed by atoms with Crippen molar-refractivity contribution in [2.24, 2.45) is 0 Å². The maximum atomic E-state index is 11.6. The zero-order valence-corrected chi connectivity index (χ0v) is 13.0. The van der Waals surface area contributed by atoms with Crippen molar-refractivity contribution in [3.8, 4) is 5.75 Å². The number of thiocarbonyl (C=S) groups is 1. The maximum Gasteiger partial charge on any atom is 0.276 e. The number of carbonyl (C=O) groups is 1. The van der Waals surface area contributed by atoms with E-state index in [1.807, 2.05) is 24.3 Å². The number of amides is 1. The lowest BCUT2D eigenvalue weighted by molar-refractivity contribution is -0.123. The average molecular weight is 307 g/mol. The first-order chi connectivity index (χ1) is 10.2. The molecule has 1 aromatic rings. The van der Waals surface area contributed by atoms with Crippen molar-refractivity contribution in [1.82, 2.24) is 16.2 Å². The van der Waals surface area contributed by atoms with E-state index in [2.05, 4.69) is 29.7 Å². The molecular weight excluding hydrogens is 286 g/mol. The van der Waals surface area contributed by atoms with E-state index >= 15 is 0 Å². The molecule has 0 aliphatic heterocycles. The molecule has 0 radical (unpaired) electrons. The second kappa shape index (κ2) is 9.77. The van der Waals surface area contributed by atoms with Crippen LogP contribution in [0.4, 0.5) is 0 Å². The van der Waals surface area contributed by atoms with Crippen LogP contribution < -0.4 is 20.9 Å². The molecule has 0 fully saturated rings. The fourth-order valence-corrected chi connectivity index (χ4v) is 1.70. The Morgan fingerprint density at radius 1 is 1.33 bits per heavy atom. The first kappa shape index (κ1) is 17.0. The van der Waals surface area contributed by atoms with Crippen molar-refractivity contribution in [2.45, 2.75) is 19.8 Å². The molecule has 6 heteroatoms. The largest absolute Gasteiger partial charge is 0.484 e. The number of hydrazine groups is 1. The van der Waals surface area contributed by atoms with E-state index in [0.29, 0.717) is 17.4 Å². The number of hydrogen-bond acceptors (Lipinski definition) is 3. The van der Waals surface area contributed by atoms with Gasteiger partial charge in [-0.05, 0) is 36.3 Å². The molecular formula is C15H21N3O2S. The number of nitrogens with one attached hydrogen (secondary N) is 3. The van der Waals surface area contributed by atoms with Gasteiger partial charge in [0.15, 0.2) is 11.7 Å². The van der Waals surface area contributed by atoms with Crippen molar-refractivity contribution in [1.29, 1.82) is 0 Å². The lowest BCUT2D eigenvalue weighted by Gasteiger charge is -2.11. The Morgan fingerprint density at radius 2 is 2.05 bits per heavy atom. The molecule has 0 saturated heterocycles. The first-order valence-electron chi connectivity index (χ1n) is 6.81. The molecule has 0 aromatic heterocycles. The van der Waals surface area contributed by atoms with Gasteiger partial charge < -0.3 is 10.1 Å². The van der Waals surface area contributed by atoms with E-state index in [-0.39, 0.29) is 12.5 Å². The summed E-state index contributed by atoms with van der Waals surface area (Å²) in [7, 11) is 0. The van der Waals surface area contributed by atoms with Crippen molar-refractivity contribution in [3.63, 3.8) is 0 Å². The minimum atomic E-state index is -0.310. The van der Waals surface area contributed by atoms with E-state index in [1.165, 1.54) is 5.56 Å². The standard InChI is InChI=1S/C15H21N3O2S/c1-3-5-12-6-8-13(9-7-12)20-11-14(19)17-18-15(21)16-10-4-2/h4,6-9H,2-3,5,10-11H2,1H3,(H,17,19)(H2,16,18,21). The highest BCUT2D eigenvalue weighted by atomic mass is 32.1. The fraction of sp³-hybridized carbons (Fsp3) is 0.333. The van der Waals surface area contributed by atoms with Gasteiger partial charge in [0.1, 0.15) is 5.75 Å². The minimum absolute atomic E-state index is 0.0792. The third kappa shape index (κ3) is 7.31. The molecule has 0 heterocycles. The van der Waals surface area contributed by atoms with E-state index in [1.54, 1.807) is 6.08 Å². The molecule has 21 heavy (non-hydrogen) atoms. The number of ether oxygens (including phenoxy) is 1. The molecule has 3 N–H and O–H groups in total. The fourth-order valence-electron chi connectivity index (χ4n) is 1.56. The smallest absolute Gasteiger partial charge is 0.276 e. The Bertz CT molecular complexity index is 474. The zero-order chi connectivity index (χ0) is 15.5. The molecule has 1 rings (SSSR count). The number of hydrogen-bond donors (Lipinski definition) is 3. The summed E-state index contributed by atoms with van der Waals surface area (Å²) in [5.74, 6) is 0.354. The summed E-state index contributed by atoms with van der Waals surface area (Å²) < 4.78 is 5.38. The van der Waals surface area contributed by atoms with Crippen LogP contribution in [0.5, 0.6) is 5.75 Å². The number of aryl methyl sites for hydroxylation is 1. The van der Waals surface area contributed by atoms with Crippen molar-refractivity contribution < 1.29 is 9.53 Å². The number of benzene rings is 1. The number of carbonyl (C=O) groups excluding carboxylic acids is 1. The predicted octanol–water partition coefficient (Wildman–Crippen LogP) is 1.70. The summed E-state index contributed by atoms with van der Waals surface area (Å²) in [6.45, 7) is 6.14. The Morgan fingerprint density at radius 3 is 2.67 bits per heavy atom. The molecule has 0 aliphatic carbocycles. The molecule has 0 aliphatic rings. The first-order valence-corrected chi connectivity index (χ1v) is 7.21. The highest BCUT2D eigenvalue weighted by Gasteiger charge is 2.03. The van der Waals surface area contributed by atoms with Crippen LogP contribution in [-0.2, 0) is 11.2 Å². The van der Waals surface area contributed by atoms with Crippen molar-refractivity contribution in [3.05, 3.63) is 42.5 Å². The number of rotatable bonds is 7. The average Bonchev–Trinajstić information content (AvgIpc) is 2.50. The van der Waals surface area contributed by atoms with Gasteiger partial charge in [-0.2, -0.15) is 0 Å². The summed E-state index contributed by atoms with van der Waals surface area (Å²) >= 11 is 4.93. The van der Waals surface area contributed by atoms with Gasteiger partial charge in [0, 0.05) is 6.54 Å². The van der Waals surface area contributed by atoms with Crippen molar-refractivity contribution in [2.75, 3.05) is 13.2 Å². The van der Waals surface area contributed by atoms with Crippen LogP contribution in [0.15, 0.2) is 36.9 Å². The van der Waals surface area contributed by atoms with Gasteiger partial charge in [-0.25, -0.2) is 0 Å². The molecule has 0 spiro atoms. The highest BCUT2D eigenvalue weighted by Crippen LogP contribution is 2.13. The van der Waals surface area contributed by atoms with Crippen LogP contribution in [0, 0.1) is 0 Å². The summed E-state index contributed by atoms with van der Waals surface area (Å²) in [6.07, 6.45) is 3.81. The van der Waals surface area contributed by atoms with E-state index in [0.717, 1.165) is 12.8 Å². The summed E-state index contributed by atoms with van der Waals surface area (Å²) in [4.78, 5) is 11.6. The monoisotopic (exact) mass is 307 g/mol. The lowest BCUT2D eigenvalue weighted by atomic mass is 10.1. The zero-order valence-electron chi connectivity index (χ0n) is 12.1. The van der Waals surface area contributed by atoms with Crippen LogP contribution in [0.25, 0.3) is 0 Å². The van der Waals surface area contributed by atoms with E-state index in [9.17, 15) is 4.79 Å². The maximum absolute atomic E-state index is 11.6. The van der Waals surface area contributed by atoms with Gasteiger partial charge in [0.25, 0.3) is 5.91 Å². The molecule has 1 amide bonds. The second-order valence-electron chi connectivity index (χ2n) is 4.35. The summed E-state index contributed by atoms with van der Waals surface area (Å²) in [6, 6.07) is 7.73. The van der Waals surface area contributed by atoms with Crippen LogP contribution in [0.3, 0.4) is 0 Å². The molecule has 114 valence electrons. The topological polar surface area (TPSA) is 62.4 Å². The molecule has 0 unspecified atom stereocenters. The highest BCUT2D eigenvalue weighted by molar-refractivity contribution is 7.80. The van der Waals surface area contributed by atoms with Gasteiger partial charge in [-0.3, -0.25) is 15.6 Å². The summed E-state index contributed by atoms with van der Waals surface area (Å²) in [5.41, 5.74) is 6.27. The van der Waals surface area contributed by atoms with Gasteiger partial charge in [-0.1, -0.05) is 31.6 Å². The Labute approximate surface area is 130 Å². The van der Waals surface area contributed by atoms with E-state index < -0.39 is 0 Å². The molecule has 0 saturated carbocycles. The lowest BCUT2D eigenvalue weighted by Crippen LogP contribution is -2.48. The third-order valence-corrected chi connectivity index (χ3v) is 2.80. The minimum Gasteiger partial charge on any atom is -0.484 e. The third-order valence-electron chi connectivity index (χ3n) is 2.55. The quantitative estimate of drug-likeness (QED) is 0.406. The Kier molecular flexibility index (Phi) is 7.89. The van der Waals surface area contributed by atoms with Crippen LogP contribution in [0.1, 0.15) is 18.9 Å². The van der Waals surface area contributed by atoms with Crippen LogP contribution >= 0.6 is 12.2 Å². The predicted molar refractivity (Wildman–Crippen MR) is 88.0 cm³/mol. The van der Waals surface area contributed by atoms with Crippen molar-refractivity contribution >= 4 is 23.2 Å². The van der Waals surface area contributed by atoms with Gasteiger partial charge in [0.2, 0.25) is 0 Å². The summed E-state index contributed by atoms with van der Waals surface area (Å²) in [5, 5.41) is 3.15. The Hall–Kier alpha value is -2.08. The van der Waals surface area contributed by atoms with Gasteiger partial charge >= 0.3 is 0 Å². The molecule has 1 aromatic carbocycles. The van der Waals surface area contributed by atoms with Crippen LogP contribution in [0.2, 0.25) is 0 Å². The van der Waals surface area contributed by atoms with Gasteiger partial charge in [0.05, 0.1) is 0 Å². The normalized spacial score (nSPS) is 9.57. The Balaban J connectivity index is 2.26.